The second-order valence-electron chi connectivity index (χ2n) is 3.40. The molecule has 1 aliphatic rings. The van der Waals surface area contributed by atoms with Crippen LogP contribution in [-0.2, 0) is 11.2 Å². The number of carbonyl (C=O) groups is 1. The van der Waals surface area contributed by atoms with Gasteiger partial charge in [0, 0.05) is 11.6 Å². The van der Waals surface area contributed by atoms with E-state index in [1.54, 1.807) is 6.07 Å². The van der Waals surface area contributed by atoms with Gasteiger partial charge in [-0.25, -0.2) is 4.39 Å². The average Bonchev–Trinajstić information content (AvgIpc) is 2.08. The highest BCUT2D eigenvalue weighted by molar-refractivity contribution is 5.95. The SMILES string of the molecule is CC1Cc2cc(F)ccc2NC1=O. The zero-order chi connectivity index (χ0) is 9.42. The highest BCUT2D eigenvalue weighted by atomic mass is 19.1. The van der Waals surface area contributed by atoms with Crippen LogP contribution in [0.25, 0.3) is 0 Å². The summed E-state index contributed by atoms with van der Waals surface area (Å²) in [5.41, 5.74) is 1.62. The number of hydrogen-bond acceptors (Lipinski definition) is 1. The molecule has 0 aliphatic carbocycles. The van der Waals surface area contributed by atoms with Gasteiger partial charge < -0.3 is 5.32 Å². The Labute approximate surface area is 75.8 Å². The second kappa shape index (κ2) is 2.83. The van der Waals surface area contributed by atoms with Gasteiger partial charge in [-0.1, -0.05) is 6.92 Å². The lowest BCUT2D eigenvalue weighted by molar-refractivity contribution is -0.119. The number of rotatable bonds is 0. The van der Waals surface area contributed by atoms with Crippen molar-refractivity contribution in [2.75, 3.05) is 5.32 Å². The molecule has 1 atom stereocenters. The van der Waals surface area contributed by atoms with Crippen molar-refractivity contribution in [3.05, 3.63) is 29.6 Å². The van der Waals surface area contributed by atoms with E-state index in [2.05, 4.69) is 5.32 Å². The quantitative estimate of drug-likeness (QED) is 0.648. The first-order valence-electron chi connectivity index (χ1n) is 4.26. The normalized spacial score (nSPS) is 20.8. The van der Waals surface area contributed by atoms with Gasteiger partial charge in [0.25, 0.3) is 0 Å². The zero-order valence-corrected chi connectivity index (χ0v) is 7.30. The number of amides is 1. The number of hydrogen-bond donors (Lipinski definition) is 1. The molecule has 13 heavy (non-hydrogen) atoms. The summed E-state index contributed by atoms with van der Waals surface area (Å²) in [5.74, 6) is -0.296. The van der Waals surface area contributed by atoms with E-state index < -0.39 is 0 Å². The minimum Gasteiger partial charge on any atom is -0.326 e. The summed E-state index contributed by atoms with van der Waals surface area (Å²) in [6, 6.07) is 4.44. The Morgan fingerprint density at radius 2 is 2.31 bits per heavy atom. The first-order valence-corrected chi connectivity index (χ1v) is 4.26. The van der Waals surface area contributed by atoms with Gasteiger partial charge in [-0.3, -0.25) is 4.79 Å². The van der Waals surface area contributed by atoms with Crippen LogP contribution in [0.15, 0.2) is 18.2 Å². The molecule has 0 saturated carbocycles. The smallest absolute Gasteiger partial charge is 0.227 e. The summed E-state index contributed by atoms with van der Waals surface area (Å²) in [5, 5.41) is 2.73. The first kappa shape index (κ1) is 8.23. The second-order valence-corrected chi connectivity index (χ2v) is 3.40. The van der Waals surface area contributed by atoms with Gasteiger partial charge in [-0.15, -0.1) is 0 Å². The first-order chi connectivity index (χ1) is 6.16. The predicted molar refractivity (Wildman–Crippen MR) is 47.9 cm³/mol. The fraction of sp³-hybridized carbons (Fsp3) is 0.300. The molecule has 1 unspecified atom stereocenters. The van der Waals surface area contributed by atoms with Gasteiger partial charge in [-0.05, 0) is 30.2 Å². The third-order valence-corrected chi connectivity index (χ3v) is 2.30. The van der Waals surface area contributed by atoms with Crippen molar-refractivity contribution in [2.24, 2.45) is 5.92 Å². The summed E-state index contributed by atoms with van der Waals surface area (Å²) in [7, 11) is 0. The molecular weight excluding hydrogens is 169 g/mol. The molecule has 1 amide bonds. The summed E-state index contributed by atoms with van der Waals surface area (Å²) in [6.45, 7) is 1.84. The van der Waals surface area contributed by atoms with Crippen molar-refractivity contribution < 1.29 is 9.18 Å². The van der Waals surface area contributed by atoms with Crippen molar-refractivity contribution in [3.63, 3.8) is 0 Å². The maximum absolute atomic E-state index is 12.8. The summed E-state index contributed by atoms with van der Waals surface area (Å²) in [4.78, 5) is 11.2. The maximum Gasteiger partial charge on any atom is 0.227 e. The molecule has 0 saturated heterocycles. The molecule has 68 valence electrons. The number of carbonyl (C=O) groups excluding carboxylic acids is 1. The Morgan fingerprint density at radius 1 is 1.54 bits per heavy atom. The van der Waals surface area contributed by atoms with Gasteiger partial charge in [0.05, 0.1) is 0 Å². The highest BCUT2D eigenvalue weighted by Crippen LogP contribution is 2.25. The van der Waals surface area contributed by atoms with Crippen LogP contribution in [0, 0.1) is 11.7 Å². The van der Waals surface area contributed by atoms with Crippen molar-refractivity contribution in [2.45, 2.75) is 13.3 Å². The van der Waals surface area contributed by atoms with Crippen molar-refractivity contribution in [3.8, 4) is 0 Å². The molecular formula is C10H10FNO. The van der Waals surface area contributed by atoms with Gasteiger partial charge in [0.1, 0.15) is 5.82 Å². The Hall–Kier alpha value is -1.38. The third kappa shape index (κ3) is 1.41. The molecule has 0 fully saturated rings. The standard InChI is InChI=1S/C10H10FNO/c1-6-4-7-5-8(11)2-3-9(7)12-10(6)13/h2-3,5-6H,4H2,1H3,(H,12,13). The average molecular weight is 179 g/mol. The lowest BCUT2D eigenvalue weighted by atomic mass is 9.95. The molecule has 3 heteroatoms. The molecule has 0 bridgehead atoms. The minimum atomic E-state index is -0.248. The van der Waals surface area contributed by atoms with Crippen LogP contribution in [0.3, 0.4) is 0 Å². The van der Waals surface area contributed by atoms with E-state index in [-0.39, 0.29) is 17.6 Å². The van der Waals surface area contributed by atoms with Crippen LogP contribution in [0.2, 0.25) is 0 Å². The monoisotopic (exact) mass is 179 g/mol. The molecule has 0 aromatic heterocycles. The van der Waals surface area contributed by atoms with Gasteiger partial charge >= 0.3 is 0 Å². The van der Waals surface area contributed by atoms with E-state index in [1.807, 2.05) is 6.92 Å². The van der Waals surface area contributed by atoms with Crippen LogP contribution in [0.1, 0.15) is 12.5 Å². The molecule has 0 radical (unpaired) electrons. The largest absolute Gasteiger partial charge is 0.326 e. The van der Waals surface area contributed by atoms with E-state index in [0.29, 0.717) is 6.42 Å². The Balaban J connectivity index is 2.42. The van der Waals surface area contributed by atoms with Crippen LogP contribution in [-0.4, -0.2) is 5.91 Å². The van der Waals surface area contributed by atoms with Crippen LogP contribution in [0.4, 0.5) is 10.1 Å². The number of benzene rings is 1. The molecule has 2 nitrogen and oxygen atoms in total. The lowest BCUT2D eigenvalue weighted by Gasteiger charge is -2.21. The fourth-order valence-corrected chi connectivity index (χ4v) is 1.53. The zero-order valence-electron chi connectivity index (χ0n) is 7.30. The number of fused-ring (bicyclic) bond motifs is 1. The topological polar surface area (TPSA) is 29.1 Å². The van der Waals surface area contributed by atoms with E-state index in [1.165, 1.54) is 12.1 Å². The van der Waals surface area contributed by atoms with Gasteiger partial charge in [-0.2, -0.15) is 0 Å². The van der Waals surface area contributed by atoms with E-state index in [4.69, 9.17) is 0 Å². The number of halogens is 1. The minimum absolute atomic E-state index is 0.0131. The Bertz CT molecular complexity index is 362. The molecule has 1 aliphatic heterocycles. The molecule has 1 aromatic carbocycles. The molecule has 1 aromatic rings. The maximum atomic E-state index is 12.8. The van der Waals surface area contributed by atoms with Gasteiger partial charge in [0.15, 0.2) is 0 Å². The Morgan fingerprint density at radius 3 is 3.08 bits per heavy atom. The third-order valence-electron chi connectivity index (χ3n) is 2.30. The fourth-order valence-electron chi connectivity index (χ4n) is 1.53. The summed E-state index contributed by atoms with van der Waals surface area (Å²) >= 11 is 0. The predicted octanol–water partition coefficient (Wildman–Crippen LogP) is 1.96. The summed E-state index contributed by atoms with van der Waals surface area (Å²) in [6.07, 6.45) is 0.624. The number of nitrogens with one attached hydrogen (secondary N) is 1. The van der Waals surface area contributed by atoms with E-state index in [9.17, 15) is 9.18 Å². The molecule has 2 rings (SSSR count). The van der Waals surface area contributed by atoms with Gasteiger partial charge in [0.2, 0.25) is 5.91 Å². The van der Waals surface area contributed by atoms with Crippen molar-refractivity contribution in [1.82, 2.24) is 0 Å². The van der Waals surface area contributed by atoms with E-state index >= 15 is 0 Å². The molecule has 1 N–H and O–H groups in total. The van der Waals surface area contributed by atoms with Crippen LogP contribution < -0.4 is 5.32 Å². The lowest BCUT2D eigenvalue weighted by Crippen LogP contribution is -2.27. The molecule has 1 heterocycles. The highest BCUT2D eigenvalue weighted by Gasteiger charge is 2.21. The number of anilines is 1. The van der Waals surface area contributed by atoms with Crippen LogP contribution in [0.5, 0.6) is 0 Å². The van der Waals surface area contributed by atoms with E-state index in [0.717, 1.165) is 11.3 Å². The Kier molecular flexibility index (Phi) is 1.79. The van der Waals surface area contributed by atoms with Crippen LogP contribution >= 0.6 is 0 Å². The summed E-state index contributed by atoms with van der Waals surface area (Å²) < 4.78 is 12.8. The van der Waals surface area contributed by atoms with Crippen molar-refractivity contribution >= 4 is 11.6 Å². The van der Waals surface area contributed by atoms with Crippen molar-refractivity contribution in [1.29, 1.82) is 0 Å². The molecule has 0 spiro atoms.